The van der Waals surface area contributed by atoms with Crippen molar-refractivity contribution in [3.05, 3.63) is 64.2 Å². The summed E-state index contributed by atoms with van der Waals surface area (Å²) in [7, 11) is 1.97. The van der Waals surface area contributed by atoms with E-state index in [-0.39, 0.29) is 10.6 Å². The van der Waals surface area contributed by atoms with Gasteiger partial charge in [-0.15, -0.1) is 0 Å². The van der Waals surface area contributed by atoms with Crippen LogP contribution in [0.2, 0.25) is 5.02 Å². The lowest BCUT2D eigenvalue weighted by Gasteiger charge is -2.08. The molecular formula is C18H17ClFN3O. The van der Waals surface area contributed by atoms with Gasteiger partial charge in [-0.05, 0) is 43.2 Å². The minimum Gasteiger partial charge on any atom is -0.352 e. The fraction of sp³-hybridized carbons (Fsp3) is 0.222. The van der Waals surface area contributed by atoms with E-state index in [1.165, 1.54) is 18.2 Å². The fourth-order valence-corrected chi connectivity index (χ4v) is 2.89. The quantitative estimate of drug-likeness (QED) is 0.784. The van der Waals surface area contributed by atoms with E-state index in [0.717, 1.165) is 22.4 Å². The second-order valence-corrected chi connectivity index (χ2v) is 6.05. The average molecular weight is 346 g/mol. The van der Waals surface area contributed by atoms with Gasteiger partial charge >= 0.3 is 0 Å². The maximum atomic E-state index is 13.7. The number of hydrogen-bond acceptors (Lipinski definition) is 2. The van der Waals surface area contributed by atoms with Crippen molar-refractivity contribution >= 4 is 28.5 Å². The molecule has 4 nitrogen and oxygen atoms in total. The number of carbonyl (C=O) groups excluding carboxylic acids is 1. The third-order valence-electron chi connectivity index (χ3n) is 4.06. The lowest BCUT2D eigenvalue weighted by Crippen LogP contribution is -2.26. The van der Waals surface area contributed by atoms with Crippen LogP contribution in [0.5, 0.6) is 0 Å². The lowest BCUT2D eigenvalue weighted by molar-refractivity contribution is 0.0950. The molecule has 2 aromatic carbocycles. The van der Waals surface area contributed by atoms with E-state index in [9.17, 15) is 9.18 Å². The molecule has 3 aromatic rings. The molecule has 0 fully saturated rings. The monoisotopic (exact) mass is 345 g/mol. The van der Waals surface area contributed by atoms with Gasteiger partial charge in [0, 0.05) is 13.6 Å². The molecule has 0 bridgehead atoms. The van der Waals surface area contributed by atoms with E-state index in [1.807, 2.05) is 36.7 Å². The van der Waals surface area contributed by atoms with E-state index in [0.29, 0.717) is 13.0 Å². The summed E-state index contributed by atoms with van der Waals surface area (Å²) >= 11 is 5.89. The molecule has 3 rings (SSSR count). The third kappa shape index (κ3) is 3.12. The first-order valence-corrected chi connectivity index (χ1v) is 7.99. The first-order valence-electron chi connectivity index (χ1n) is 7.61. The van der Waals surface area contributed by atoms with Gasteiger partial charge < -0.3 is 9.88 Å². The van der Waals surface area contributed by atoms with Crippen molar-refractivity contribution in [1.82, 2.24) is 14.9 Å². The van der Waals surface area contributed by atoms with Crippen LogP contribution in [0.15, 0.2) is 36.4 Å². The second kappa shape index (κ2) is 6.61. The number of fused-ring (bicyclic) bond motifs is 1. The largest absolute Gasteiger partial charge is 0.352 e. The van der Waals surface area contributed by atoms with E-state index in [1.54, 1.807) is 0 Å². The molecule has 0 spiro atoms. The van der Waals surface area contributed by atoms with Gasteiger partial charge in [0.1, 0.15) is 11.6 Å². The van der Waals surface area contributed by atoms with E-state index in [4.69, 9.17) is 11.6 Å². The normalized spacial score (nSPS) is 11.0. The van der Waals surface area contributed by atoms with Crippen LogP contribution in [-0.4, -0.2) is 22.0 Å². The van der Waals surface area contributed by atoms with Gasteiger partial charge in [-0.25, -0.2) is 9.37 Å². The number of halogens is 2. The summed E-state index contributed by atoms with van der Waals surface area (Å²) in [6.07, 6.45) is 0.628. The van der Waals surface area contributed by atoms with Gasteiger partial charge in [-0.2, -0.15) is 0 Å². The number of benzene rings is 2. The number of aryl methyl sites for hydroxylation is 2. The number of hydrogen-bond donors (Lipinski definition) is 1. The Labute approximate surface area is 144 Å². The standard InChI is InChI=1S/C18H17ClFN3O/c1-11-22-15-10-12(6-7-16(15)23(11)2)8-9-21-18(24)17-13(19)4-3-5-14(17)20/h3-7,10H,8-9H2,1-2H3,(H,21,24). The molecule has 6 heteroatoms. The second-order valence-electron chi connectivity index (χ2n) is 5.64. The Morgan fingerprint density at radius 2 is 2.12 bits per heavy atom. The van der Waals surface area contributed by atoms with Crippen LogP contribution >= 0.6 is 11.6 Å². The minimum absolute atomic E-state index is 0.109. The summed E-state index contributed by atoms with van der Waals surface area (Å²) in [5, 5.41) is 2.81. The number of rotatable bonds is 4. The van der Waals surface area contributed by atoms with Crippen LogP contribution in [0.4, 0.5) is 4.39 Å². The molecule has 124 valence electrons. The van der Waals surface area contributed by atoms with Crippen molar-refractivity contribution in [3.63, 3.8) is 0 Å². The van der Waals surface area contributed by atoms with E-state index >= 15 is 0 Å². The fourth-order valence-electron chi connectivity index (χ4n) is 2.64. The maximum absolute atomic E-state index is 13.7. The SMILES string of the molecule is Cc1nc2cc(CCNC(=O)c3c(F)cccc3Cl)ccc2n1C. The van der Waals surface area contributed by atoms with Gasteiger partial charge in [-0.3, -0.25) is 4.79 Å². The molecule has 1 N–H and O–H groups in total. The molecule has 24 heavy (non-hydrogen) atoms. The number of nitrogens with one attached hydrogen (secondary N) is 1. The van der Waals surface area contributed by atoms with E-state index < -0.39 is 11.7 Å². The predicted octanol–water partition coefficient (Wildman–Crippen LogP) is 3.65. The molecular weight excluding hydrogens is 329 g/mol. The van der Waals surface area contributed by atoms with Crippen molar-refractivity contribution in [3.8, 4) is 0 Å². The first kappa shape index (κ1) is 16.5. The van der Waals surface area contributed by atoms with Crippen LogP contribution in [-0.2, 0) is 13.5 Å². The van der Waals surface area contributed by atoms with Gasteiger partial charge in [0.25, 0.3) is 5.91 Å². The van der Waals surface area contributed by atoms with Crippen LogP contribution < -0.4 is 5.32 Å². The highest BCUT2D eigenvalue weighted by Crippen LogP contribution is 2.19. The molecule has 1 heterocycles. The zero-order chi connectivity index (χ0) is 17.3. The summed E-state index contributed by atoms with van der Waals surface area (Å²) in [5.74, 6) is -0.178. The summed E-state index contributed by atoms with van der Waals surface area (Å²) in [6.45, 7) is 2.35. The molecule has 1 amide bonds. The Morgan fingerprint density at radius 3 is 2.88 bits per heavy atom. The van der Waals surface area contributed by atoms with Gasteiger partial charge in [-0.1, -0.05) is 23.7 Å². The summed E-state index contributed by atoms with van der Waals surface area (Å²) in [4.78, 5) is 16.6. The van der Waals surface area contributed by atoms with Crippen LogP contribution in [0.3, 0.4) is 0 Å². The maximum Gasteiger partial charge on any atom is 0.255 e. The third-order valence-corrected chi connectivity index (χ3v) is 4.37. The smallest absolute Gasteiger partial charge is 0.255 e. The summed E-state index contributed by atoms with van der Waals surface area (Å²) in [5.41, 5.74) is 2.94. The van der Waals surface area contributed by atoms with Gasteiger partial charge in [0.05, 0.1) is 21.6 Å². The van der Waals surface area contributed by atoms with Crippen molar-refractivity contribution < 1.29 is 9.18 Å². The molecule has 0 saturated heterocycles. The lowest BCUT2D eigenvalue weighted by atomic mass is 10.1. The number of imidazole rings is 1. The predicted molar refractivity (Wildman–Crippen MR) is 92.9 cm³/mol. The van der Waals surface area contributed by atoms with E-state index in [2.05, 4.69) is 10.3 Å². The Bertz CT molecular complexity index is 900. The molecule has 0 aliphatic heterocycles. The topological polar surface area (TPSA) is 46.9 Å². The Hall–Kier alpha value is -2.40. The van der Waals surface area contributed by atoms with Crippen molar-refractivity contribution in [2.75, 3.05) is 6.54 Å². The molecule has 0 atom stereocenters. The number of carbonyl (C=O) groups is 1. The minimum atomic E-state index is -0.620. The van der Waals surface area contributed by atoms with Crippen LogP contribution in [0.1, 0.15) is 21.7 Å². The molecule has 1 aromatic heterocycles. The molecule has 0 saturated carbocycles. The Morgan fingerprint density at radius 1 is 1.33 bits per heavy atom. The summed E-state index contributed by atoms with van der Waals surface area (Å²) < 4.78 is 15.7. The van der Waals surface area contributed by atoms with Crippen molar-refractivity contribution in [2.24, 2.45) is 7.05 Å². The van der Waals surface area contributed by atoms with Crippen molar-refractivity contribution in [2.45, 2.75) is 13.3 Å². The number of nitrogens with zero attached hydrogens (tertiary/aromatic N) is 2. The Kier molecular flexibility index (Phi) is 4.53. The highest BCUT2D eigenvalue weighted by atomic mass is 35.5. The van der Waals surface area contributed by atoms with Gasteiger partial charge in [0.2, 0.25) is 0 Å². The highest BCUT2D eigenvalue weighted by Gasteiger charge is 2.15. The zero-order valence-electron chi connectivity index (χ0n) is 13.4. The van der Waals surface area contributed by atoms with Crippen LogP contribution in [0, 0.1) is 12.7 Å². The first-order chi connectivity index (χ1) is 11.5. The Balaban J connectivity index is 1.67. The van der Waals surface area contributed by atoms with Gasteiger partial charge in [0.15, 0.2) is 0 Å². The zero-order valence-corrected chi connectivity index (χ0v) is 14.2. The number of aromatic nitrogens is 2. The molecule has 0 unspecified atom stereocenters. The number of amides is 1. The van der Waals surface area contributed by atoms with Crippen molar-refractivity contribution in [1.29, 1.82) is 0 Å². The summed E-state index contributed by atoms with van der Waals surface area (Å²) in [6, 6.07) is 10.2. The average Bonchev–Trinajstić information content (AvgIpc) is 2.81. The molecule has 0 aliphatic rings. The molecule has 0 radical (unpaired) electrons. The highest BCUT2D eigenvalue weighted by molar-refractivity contribution is 6.33. The molecule has 0 aliphatic carbocycles. The van der Waals surface area contributed by atoms with Crippen LogP contribution in [0.25, 0.3) is 11.0 Å².